The maximum absolute atomic E-state index is 12.0. The first-order valence-electron chi connectivity index (χ1n) is 6.37. The summed E-state index contributed by atoms with van der Waals surface area (Å²) < 4.78 is 5.25. The van der Waals surface area contributed by atoms with Gasteiger partial charge in [-0.1, -0.05) is 12.1 Å². The summed E-state index contributed by atoms with van der Waals surface area (Å²) in [5.74, 6) is -1.08. The van der Waals surface area contributed by atoms with E-state index in [0.717, 1.165) is 0 Å². The van der Waals surface area contributed by atoms with Crippen LogP contribution < -0.4 is 4.74 Å². The van der Waals surface area contributed by atoms with Crippen molar-refractivity contribution in [3.63, 3.8) is 0 Å². The average molecular weight is 281 g/mol. The van der Waals surface area contributed by atoms with Crippen LogP contribution in [-0.4, -0.2) is 46.2 Å². The summed E-state index contributed by atoms with van der Waals surface area (Å²) in [5.41, 5.74) is 0. The highest BCUT2D eigenvalue weighted by molar-refractivity contribution is 5.79. The molecule has 1 aromatic carbocycles. The van der Waals surface area contributed by atoms with Gasteiger partial charge in [-0.3, -0.25) is 9.59 Å². The number of phenolic OH excluding ortho intramolecular Hbond substituents is 1. The zero-order valence-corrected chi connectivity index (χ0v) is 11.6. The van der Waals surface area contributed by atoms with Crippen LogP contribution in [0.2, 0.25) is 0 Å². The molecule has 0 aliphatic rings. The number of aliphatic carboxylic acids is 1. The summed E-state index contributed by atoms with van der Waals surface area (Å²) >= 11 is 0. The van der Waals surface area contributed by atoms with Crippen LogP contribution in [0.25, 0.3) is 0 Å². The Balaban J connectivity index is 2.60. The van der Waals surface area contributed by atoms with Crippen LogP contribution in [0.1, 0.15) is 20.3 Å². The lowest BCUT2D eigenvalue weighted by Crippen LogP contribution is -2.42. The van der Waals surface area contributed by atoms with Crippen LogP contribution in [-0.2, 0) is 9.59 Å². The van der Waals surface area contributed by atoms with Gasteiger partial charge in [0.15, 0.2) is 18.1 Å². The fraction of sp³-hybridized carbons (Fsp3) is 0.429. The highest BCUT2D eigenvalue weighted by atomic mass is 16.5. The van der Waals surface area contributed by atoms with Gasteiger partial charge in [0, 0.05) is 12.6 Å². The molecular formula is C14H19NO5. The SMILES string of the molecule is CCN(C(=O)COc1ccccc1O)C(C)CC(=O)O. The van der Waals surface area contributed by atoms with Crippen LogP contribution in [0.5, 0.6) is 11.5 Å². The van der Waals surface area contributed by atoms with Gasteiger partial charge in [0.05, 0.1) is 6.42 Å². The van der Waals surface area contributed by atoms with E-state index in [0.29, 0.717) is 6.54 Å². The van der Waals surface area contributed by atoms with Crippen LogP contribution in [0.3, 0.4) is 0 Å². The lowest BCUT2D eigenvalue weighted by molar-refractivity contribution is -0.141. The largest absolute Gasteiger partial charge is 0.504 e. The molecule has 110 valence electrons. The molecule has 0 aromatic heterocycles. The first-order chi connectivity index (χ1) is 9.45. The number of benzene rings is 1. The molecule has 1 amide bonds. The van der Waals surface area contributed by atoms with Crippen molar-refractivity contribution in [2.75, 3.05) is 13.2 Å². The molecule has 1 rings (SSSR count). The third-order valence-corrected chi connectivity index (χ3v) is 2.88. The second kappa shape index (κ2) is 7.37. The Hall–Kier alpha value is -2.24. The number of para-hydroxylation sites is 2. The number of hydrogen-bond donors (Lipinski definition) is 2. The molecule has 0 aliphatic carbocycles. The molecular weight excluding hydrogens is 262 g/mol. The Morgan fingerprint density at radius 3 is 2.55 bits per heavy atom. The molecule has 0 aliphatic heterocycles. The highest BCUT2D eigenvalue weighted by Crippen LogP contribution is 2.24. The summed E-state index contributed by atoms with van der Waals surface area (Å²) in [7, 11) is 0. The van der Waals surface area contributed by atoms with Gasteiger partial charge in [-0.05, 0) is 26.0 Å². The number of hydrogen-bond acceptors (Lipinski definition) is 4. The predicted octanol–water partition coefficient (Wildman–Crippen LogP) is 1.48. The first-order valence-corrected chi connectivity index (χ1v) is 6.37. The van der Waals surface area contributed by atoms with Gasteiger partial charge in [-0.2, -0.15) is 0 Å². The molecule has 0 heterocycles. The van der Waals surface area contributed by atoms with E-state index in [1.54, 1.807) is 32.0 Å². The topological polar surface area (TPSA) is 87.1 Å². The standard InChI is InChI=1S/C14H19NO5/c1-3-15(10(2)8-14(18)19)13(17)9-20-12-7-5-4-6-11(12)16/h4-7,10,16H,3,8-9H2,1-2H3,(H,18,19). The number of phenols is 1. The quantitative estimate of drug-likeness (QED) is 0.790. The second-order valence-electron chi connectivity index (χ2n) is 4.38. The number of carboxylic acid groups (broad SMARTS) is 1. The maximum Gasteiger partial charge on any atom is 0.305 e. The number of likely N-dealkylation sites (N-methyl/N-ethyl adjacent to an activating group) is 1. The number of aromatic hydroxyl groups is 1. The zero-order valence-electron chi connectivity index (χ0n) is 11.6. The molecule has 0 spiro atoms. The Morgan fingerprint density at radius 1 is 1.35 bits per heavy atom. The van der Waals surface area contributed by atoms with E-state index in [2.05, 4.69) is 0 Å². The van der Waals surface area contributed by atoms with Crippen molar-refractivity contribution in [3.05, 3.63) is 24.3 Å². The molecule has 6 heteroatoms. The molecule has 0 radical (unpaired) electrons. The van der Waals surface area contributed by atoms with Gasteiger partial charge >= 0.3 is 5.97 Å². The number of carboxylic acids is 1. The van der Waals surface area contributed by atoms with Crippen molar-refractivity contribution in [2.45, 2.75) is 26.3 Å². The smallest absolute Gasteiger partial charge is 0.305 e. The van der Waals surface area contributed by atoms with E-state index >= 15 is 0 Å². The van der Waals surface area contributed by atoms with Crippen molar-refractivity contribution in [1.82, 2.24) is 4.90 Å². The number of carbonyl (C=O) groups excluding carboxylic acids is 1. The Morgan fingerprint density at radius 2 is 2.00 bits per heavy atom. The number of carbonyl (C=O) groups is 2. The van der Waals surface area contributed by atoms with Crippen molar-refractivity contribution in [1.29, 1.82) is 0 Å². The van der Waals surface area contributed by atoms with E-state index < -0.39 is 12.0 Å². The van der Waals surface area contributed by atoms with Crippen molar-refractivity contribution < 1.29 is 24.5 Å². The van der Waals surface area contributed by atoms with Crippen LogP contribution in [0, 0.1) is 0 Å². The van der Waals surface area contributed by atoms with Gasteiger partial charge in [-0.25, -0.2) is 0 Å². The molecule has 1 aromatic rings. The van der Waals surface area contributed by atoms with E-state index in [4.69, 9.17) is 9.84 Å². The normalized spacial score (nSPS) is 11.7. The van der Waals surface area contributed by atoms with Crippen molar-refractivity contribution >= 4 is 11.9 Å². The van der Waals surface area contributed by atoms with Crippen molar-refractivity contribution in [3.8, 4) is 11.5 Å². The van der Waals surface area contributed by atoms with E-state index in [-0.39, 0.29) is 30.4 Å². The minimum atomic E-state index is -0.953. The minimum absolute atomic E-state index is 0.0399. The fourth-order valence-corrected chi connectivity index (χ4v) is 1.90. The van der Waals surface area contributed by atoms with Gasteiger partial charge < -0.3 is 19.8 Å². The number of amides is 1. The van der Waals surface area contributed by atoms with Crippen LogP contribution in [0.4, 0.5) is 0 Å². The number of rotatable bonds is 7. The lowest BCUT2D eigenvalue weighted by atomic mass is 10.2. The van der Waals surface area contributed by atoms with E-state index in [9.17, 15) is 14.7 Å². The highest BCUT2D eigenvalue weighted by Gasteiger charge is 2.21. The monoisotopic (exact) mass is 281 g/mol. The molecule has 1 unspecified atom stereocenters. The molecule has 6 nitrogen and oxygen atoms in total. The van der Waals surface area contributed by atoms with Gasteiger partial charge in [0.1, 0.15) is 0 Å². The second-order valence-corrected chi connectivity index (χ2v) is 4.38. The maximum atomic E-state index is 12.0. The summed E-state index contributed by atoms with van der Waals surface area (Å²) in [4.78, 5) is 24.1. The zero-order chi connectivity index (χ0) is 15.1. The lowest BCUT2D eigenvalue weighted by Gasteiger charge is -2.27. The van der Waals surface area contributed by atoms with Crippen molar-refractivity contribution in [2.24, 2.45) is 0 Å². The summed E-state index contributed by atoms with van der Waals surface area (Å²) in [6, 6.07) is 5.95. The molecule has 1 atom stereocenters. The Kier molecular flexibility index (Phi) is 5.83. The van der Waals surface area contributed by atoms with Gasteiger partial charge in [0.2, 0.25) is 0 Å². The first kappa shape index (κ1) is 15.8. The molecule has 0 fully saturated rings. The van der Waals surface area contributed by atoms with Crippen LogP contribution >= 0.6 is 0 Å². The van der Waals surface area contributed by atoms with Gasteiger partial charge in [-0.15, -0.1) is 0 Å². The van der Waals surface area contributed by atoms with E-state index in [1.165, 1.54) is 11.0 Å². The molecule has 0 bridgehead atoms. The summed E-state index contributed by atoms with van der Waals surface area (Å²) in [5, 5.41) is 18.3. The molecule has 2 N–H and O–H groups in total. The summed E-state index contributed by atoms with van der Waals surface area (Å²) in [6.07, 6.45) is -0.115. The predicted molar refractivity (Wildman–Crippen MR) is 72.7 cm³/mol. The molecule has 20 heavy (non-hydrogen) atoms. The number of nitrogens with zero attached hydrogens (tertiary/aromatic N) is 1. The summed E-state index contributed by atoms with van der Waals surface area (Å²) in [6.45, 7) is 3.61. The average Bonchev–Trinajstić information content (AvgIpc) is 2.37. The third-order valence-electron chi connectivity index (χ3n) is 2.88. The van der Waals surface area contributed by atoms with Gasteiger partial charge in [0.25, 0.3) is 5.91 Å². The fourth-order valence-electron chi connectivity index (χ4n) is 1.90. The molecule has 0 saturated carbocycles. The third kappa shape index (κ3) is 4.46. The Bertz CT molecular complexity index is 474. The van der Waals surface area contributed by atoms with Crippen LogP contribution in [0.15, 0.2) is 24.3 Å². The van der Waals surface area contributed by atoms with E-state index in [1.807, 2.05) is 0 Å². The Labute approximate surface area is 117 Å². The number of ether oxygens (including phenoxy) is 1. The minimum Gasteiger partial charge on any atom is -0.504 e. The molecule has 0 saturated heterocycles.